The molecule has 0 saturated heterocycles. The van der Waals surface area contributed by atoms with Crippen molar-refractivity contribution >= 4 is 23.0 Å². The predicted molar refractivity (Wildman–Crippen MR) is 126 cm³/mol. The fourth-order valence-corrected chi connectivity index (χ4v) is 3.31. The van der Waals surface area contributed by atoms with E-state index in [4.69, 9.17) is 0 Å². The van der Waals surface area contributed by atoms with E-state index in [2.05, 4.69) is 67.0 Å². The topological polar surface area (TPSA) is 26.8 Å². The van der Waals surface area contributed by atoms with Gasteiger partial charge in [-0.05, 0) is 62.2 Å². The van der Waals surface area contributed by atoms with Crippen LogP contribution in [-0.4, -0.2) is 33.1 Å². The van der Waals surface area contributed by atoms with E-state index < -0.39 is 5.41 Å². The first kappa shape index (κ1) is 22.8. The lowest BCUT2D eigenvalue weighted by molar-refractivity contribution is -0.126. The Morgan fingerprint density at radius 3 is 1.72 bits per heavy atom. The van der Waals surface area contributed by atoms with Crippen molar-refractivity contribution in [1.29, 1.82) is 0 Å². The number of benzene rings is 2. The van der Waals surface area contributed by atoms with Crippen LogP contribution >= 0.6 is 0 Å². The number of anilines is 3. The minimum Gasteiger partial charge on any atom is -0.378 e. The molecule has 0 heterocycles. The molecule has 0 spiro atoms. The van der Waals surface area contributed by atoms with Crippen LogP contribution in [-0.2, 0) is 11.3 Å². The molecule has 0 aliphatic carbocycles. The molecular weight excluding hydrogens is 358 g/mol. The lowest BCUT2D eigenvalue weighted by Gasteiger charge is -2.32. The van der Waals surface area contributed by atoms with E-state index in [0.29, 0.717) is 6.54 Å². The Hall–Kier alpha value is -2.49. The summed E-state index contributed by atoms with van der Waals surface area (Å²) in [5.41, 5.74) is 4.02. The first-order valence-corrected chi connectivity index (χ1v) is 10.7. The molecule has 4 nitrogen and oxygen atoms in total. The van der Waals surface area contributed by atoms with E-state index in [1.807, 2.05) is 45.0 Å². The molecule has 0 atom stereocenters. The van der Waals surface area contributed by atoms with Gasteiger partial charge in [-0.25, -0.2) is 0 Å². The molecule has 2 aromatic carbocycles. The zero-order valence-electron chi connectivity index (χ0n) is 19.2. The Morgan fingerprint density at radius 1 is 0.793 bits per heavy atom. The summed E-state index contributed by atoms with van der Waals surface area (Å²) in [5.74, 6) is 0.158. The summed E-state index contributed by atoms with van der Waals surface area (Å²) in [5, 5.41) is 0. The molecule has 0 aliphatic rings. The number of hydrogen-bond donors (Lipinski definition) is 0. The van der Waals surface area contributed by atoms with Crippen LogP contribution in [0.4, 0.5) is 17.1 Å². The molecule has 1 amide bonds. The van der Waals surface area contributed by atoms with Crippen molar-refractivity contribution in [1.82, 2.24) is 0 Å². The molecule has 2 aromatic rings. The summed E-state index contributed by atoms with van der Waals surface area (Å²) in [6.07, 6.45) is 0.805. The van der Waals surface area contributed by atoms with Gasteiger partial charge in [0.2, 0.25) is 5.91 Å². The molecule has 0 fully saturated rings. The van der Waals surface area contributed by atoms with Gasteiger partial charge in [0.15, 0.2) is 0 Å². The molecule has 0 aliphatic heterocycles. The summed E-state index contributed by atoms with van der Waals surface area (Å²) >= 11 is 0. The number of rotatable bonds is 9. The number of amides is 1. The SMILES string of the molecule is CCN(CC)c1ccc(CN(C(=O)C(C)(C)CC)c2ccc(N(C)C)cc2)cc1. The van der Waals surface area contributed by atoms with Gasteiger partial charge in [-0.2, -0.15) is 0 Å². The Labute approximate surface area is 177 Å². The Balaban J connectivity index is 2.34. The maximum atomic E-state index is 13.4. The van der Waals surface area contributed by atoms with Crippen LogP contribution in [0.25, 0.3) is 0 Å². The summed E-state index contributed by atoms with van der Waals surface area (Å²) < 4.78 is 0. The van der Waals surface area contributed by atoms with E-state index in [1.165, 1.54) is 5.69 Å². The van der Waals surface area contributed by atoms with Crippen LogP contribution in [0.2, 0.25) is 0 Å². The minimum absolute atomic E-state index is 0.158. The van der Waals surface area contributed by atoms with Crippen molar-refractivity contribution in [2.45, 2.75) is 47.6 Å². The Morgan fingerprint density at radius 2 is 1.28 bits per heavy atom. The highest BCUT2D eigenvalue weighted by molar-refractivity contribution is 5.97. The zero-order chi connectivity index (χ0) is 21.6. The van der Waals surface area contributed by atoms with Gasteiger partial charge in [-0.3, -0.25) is 4.79 Å². The van der Waals surface area contributed by atoms with E-state index in [1.54, 1.807) is 0 Å². The molecule has 0 saturated carbocycles. The number of carbonyl (C=O) groups excluding carboxylic acids is 1. The average molecular weight is 396 g/mol. The molecule has 0 aromatic heterocycles. The summed E-state index contributed by atoms with van der Waals surface area (Å²) in [6, 6.07) is 16.8. The van der Waals surface area contributed by atoms with Gasteiger partial charge in [0.05, 0.1) is 6.54 Å². The second-order valence-corrected chi connectivity index (χ2v) is 8.38. The smallest absolute Gasteiger partial charge is 0.232 e. The highest BCUT2D eigenvalue weighted by Crippen LogP contribution is 2.29. The number of carbonyl (C=O) groups is 1. The van der Waals surface area contributed by atoms with Crippen molar-refractivity contribution in [2.75, 3.05) is 41.9 Å². The normalized spacial score (nSPS) is 11.3. The molecule has 29 heavy (non-hydrogen) atoms. The zero-order valence-corrected chi connectivity index (χ0v) is 19.2. The van der Waals surface area contributed by atoms with E-state index in [-0.39, 0.29) is 5.91 Å². The maximum Gasteiger partial charge on any atom is 0.232 e. The molecule has 158 valence electrons. The third-order valence-electron chi connectivity index (χ3n) is 5.79. The van der Waals surface area contributed by atoms with Crippen LogP contribution in [0.3, 0.4) is 0 Å². The van der Waals surface area contributed by atoms with Crippen LogP contribution in [0.1, 0.15) is 46.6 Å². The molecule has 2 rings (SSSR count). The third-order valence-corrected chi connectivity index (χ3v) is 5.79. The van der Waals surface area contributed by atoms with Gasteiger partial charge < -0.3 is 14.7 Å². The molecular formula is C25H37N3O. The highest BCUT2D eigenvalue weighted by Gasteiger charge is 2.31. The van der Waals surface area contributed by atoms with E-state index in [0.717, 1.165) is 36.4 Å². The highest BCUT2D eigenvalue weighted by atomic mass is 16.2. The standard InChI is InChI=1S/C25H37N3O/c1-8-25(4,5)24(29)28(23-17-15-21(16-18-23)26(6)7)19-20-11-13-22(14-12-20)27(9-2)10-3/h11-18H,8-10,19H2,1-7H3. The van der Waals surface area contributed by atoms with Crippen molar-refractivity contribution in [3.8, 4) is 0 Å². The summed E-state index contributed by atoms with van der Waals surface area (Å²) in [4.78, 5) is 19.7. The molecule has 4 heteroatoms. The van der Waals surface area contributed by atoms with Gasteiger partial charge >= 0.3 is 0 Å². The fourth-order valence-electron chi connectivity index (χ4n) is 3.31. The van der Waals surface area contributed by atoms with Crippen molar-refractivity contribution < 1.29 is 4.79 Å². The predicted octanol–water partition coefficient (Wildman–Crippen LogP) is 5.57. The molecule has 0 bridgehead atoms. The lowest BCUT2D eigenvalue weighted by atomic mass is 9.88. The quantitative estimate of drug-likeness (QED) is 0.555. The lowest BCUT2D eigenvalue weighted by Crippen LogP contribution is -2.40. The van der Waals surface area contributed by atoms with Crippen molar-refractivity contribution in [3.05, 3.63) is 54.1 Å². The van der Waals surface area contributed by atoms with Gasteiger partial charge in [-0.15, -0.1) is 0 Å². The van der Waals surface area contributed by atoms with Gasteiger partial charge in [0.1, 0.15) is 0 Å². The third kappa shape index (κ3) is 5.53. The van der Waals surface area contributed by atoms with Crippen LogP contribution in [0.5, 0.6) is 0 Å². The first-order chi connectivity index (χ1) is 13.7. The number of hydrogen-bond acceptors (Lipinski definition) is 3. The fraction of sp³-hybridized carbons (Fsp3) is 0.480. The molecule has 0 N–H and O–H groups in total. The monoisotopic (exact) mass is 395 g/mol. The molecule has 0 radical (unpaired) electrons. The molecule has 0 unspecified atom stereocenters. The second-order valence-electron chi connectivity index (χ2n) is 8.38. The van der Waals surface area contributed by atoms with Gasteiger partial charge in [0.25, 0.3) is 0 Å². The van der Waals surface area contributed by atoms with Crippen molar-refractivity contribution in [2.24, 2.45) is 5.41 Å². The van der Waals surface area contributed by atoms with Gasteiger partial charge in [-0.1, -0.05) is 32.9 Å². The minimum atomic E-state index is -0.401. The van der Waals surface area contributed by atoms with Crippen LogP contribution < -0.4 is 14.7 Å². The first-order valence-electron chi connectivity index (χ1n) is 10.7. The number of nitrogens with zero attached hydrogens (tertiary/aromatic N) is 3. The van der Waals surface area contributed by atoms with Crippen LogP contribution in [0.15, 0.2) is 48.5 Å². The Kier molecular flexibility index (Phi) is 7.72. The van der Waals surface area contributed by atoms with Crippen LogP contribution in [0, 0.1) is 5.41 Å². The average Bonchev–Trinajstić information content (AvgIpc) is 2.73. The Bertz CT molecular complexity index is 775. The van der Waals surface area contributed by atoms with Gasteiger partial charge in [0, 0.05) is 49.7 Å². The largest absolute Gasteiger partial charge is 0.378 e. The summed E-state index contributed by atoms with van der Waals surface area (Å²) in [7, 11) is 4.05. The van der Waals surface area contributed by atoms with E-state index in [9.17, 15) is 4.79 Å². The maximum absolute atomic E-state index is 13.4. The van der Waals surface area contributed by atoms with Crippen molar-refractivity contribution in [3.63, 3.8) is 0 Å². The second kappa shape index (κ2) is 9.82. The van der Waals surface area contributed by atoms with E-state index >= 15 is 0 Å². The summed E-state index contributed by atoms with van der Waals surface area (Å²) in [6.45, 7) is 13.0.